The van der Waals surface area contributed by atoms with E-state index in [1.54, 1.807) is 11.8 Å². The van der Waals surface area contributed by atoms with Crippen molar-refractivity contribution < 1.29 is 14.3 Å². The summed E-state index contributed by atoms with van der Waals surface area (Å²) in [6.07, 6.45) is 1.12. The minimum absolute atomic E-state index is 0.120. The number of thioether (sulfide) groups is 1. The number of carbonyl (C=O) groups excluding carboxylic acids is 1. The van der Waals surface area contributed by atoms with Gasteiger partial charge < -0.3 is 14.8 Å². The quantitative estimate of drug-likeness (QED) is 0.678. The Labute approximate surface area is 101 Å². The third-order valence-corrected chi connectivity index (χ3v) is 3.76. The van der Waals surface area contributed by atoms with Gasteiger partial charge in [-0.3, -0.25) is 4.79 Å². The van der Waals surface area contributed by atoms with Gasteiger partial charge in [0.05, 0.1) is 19.0 Å². The first-order valence-electron chi connectivity index (χ1n) is 5.76. The van der Waals surface area contributed by atoms with Crippen LogP contribution < -0.4 is 5.32 Å². The number of ether oxygens (including phenoxy) is 2. The van der Waals surface area contributed by atoms with E-state index in [2.05, 4.69) is 5.32 Å². The summed E-state index contributed by atoms with van der Waals surface area (Å²) in [5.41, 5.74) is 0. The minimum atomic E-state index is -0.120. The Morgan fingerprint density at radius 3 is 3.06 bits per heavy atom. The Balaban J connectivity index is 2.15. The highest BCUT2D eigenvalue weighted by Crippen LogP contribution is 2.19. The van der Waals surface area contributed by atoms with Crippen LogP contribution in [-0.2, 0) is 14.3 Å². The van der Waals surface area contributed by atoms with Gasteiger partial charge >= 0.3 is 5.97 Å². The standard InChI is InChI=1S/C11H21NO3S/c1-3-15-11(13)8-16-7-10(12-2)9-4-5-14-6-9/h9-10,12H,3-8H2,1-2H3. The Bertz CT molecular complexity index is 207. The van der Waals surface area contributed by atoms with Crippen LogP contribution in [0.3, 0.4) is 0 Å². The van der Waals surface area contributed by atoms with Crippen LogP contribution in [0.5, 0.6) is 0 Å². The van der Waals surface area contributed by atoms with Crippen LogP contribution in [0.1, 0.15) is 13.3 Å². The van der Waals surface area contributed by atoms with Crippen molar-refractivity contribution in [3.05, 3.63) is 0 Å². The van der Waals surface area contributed by atoms with Crippen molar-refractivity contribution in [1.82, 2.24) is 5.32 Å². The van der Waals surface area contributed by atoms with E-state index in [4.69, 9.17) is 9.47 Å². The molecule has 1 rings (SSSR count). The molecule has 16 heavy (non-hydrogen) atoms. The van der Waals surface area contributed by atoms with Crippen LogP contribution in [0, 0.1) is 5.92 Å². The zero-order chi connectivity index (χ0) is 11.8. The van der Waals surface area contributed by atoms with Gasteiger partial charge in [0.1, 0.15) is 0 Å². The Kier molecular flexibility index (Phi) is 6.84. The smallest absolute Gasteiger partial charge is 0.315 e. The number of carbonyl (C=O) groups is 1. The Morgan fingerprint density at radius 2 is 2.50 bits per heavy atom. The molecule has 1 aliphatic heterocycles. The van der Waals surface area contributed by atoms with Gasteiger partial charge in [-0.2, -0.15) is 0 Å². The second kappa shape index (κ2) is 7.92. The van der Waals surface area contributed by atoms with Crippen LogP contribution in [-0.4, -0.2) is 50.4 Å². The summed E-state index contributed by atoms with van der Waals surface area (Å²) >= 11 is 1.63. The van der Waals surface area contributed by atoms with Crippen LogP contribution >= 0.6 is 11.8 Å². The molecule has 1 aliphatic rings. The van der Waals surface area contributed by atoms with Gasteiger partial charge in [0.15, 0.2) is 0 Å². The Hall–Kier alpha value is -0.260. The summed E-state index contributed by atoms with van der Waals surface area (Å²) in [4.78, 5) is 11.1. The maximum absolute atomic E-state index is 11.1. The van der Waals surface area contributed by atoms with Crippen molar-refractivity contribution in [3.8, 4) is 0 Å². The second-order valence-corrected chi connectivity index (χ2v) is 4.87. The number of rotatable bonds is 7. The average Bonchev–Trinajstić information content (AvgIpc) is 2.78. The molecule has 0 aliphatic carbocycles. The van der Waals surface area contributed by atoms with Gasteiger partial charge in [-0.25, -0.2) is 0 Å². The van der Waals surface area contributed by atoms with Crippen molar-refractivity contribution in [2.45, 2.75) is 19.4 Å². The third kappa shape index (κ3) is 4.72. The molecule has 1 N–H and O–H groups in total. The van der Waals surface area contributed by atoms with E-state index in [1.165, 1.54) is 0 Å². The highest BCUT2D eigenvalue weighted by molar-refractivity contribution is 7.99. The summed E-state index contributed by atoms with van der Waals surface area (Å²) in [5, 5.41) is 3.30. The zero-order valence-electron chi connectivity index (χ0n) is 10.0. The van der Waals surface area contributed by atoms with E-state index < -0.39 is 0 Å². The lowest BCUT2D eigenvalue weighted by Crippen LogP contribution is -2.36. The summed E-state index contributed by atoms with van der Waals surface area (Å²) in [5.74, 6) is 1.84. The molecule has 2 atom stereocenters. The molecule has 1 saturated heterocycles. The fourth-order valence-electron chi connectivity index (χ4n) is 1.80. The molecule has 0 amide bonds. The molecule has 0 spiro atoms. The lowest BCUT2D eigenvalue weighted by Gasteiger charge is -2.21. The molecular weight excluding hydrogens is 226 g/mol. The number of esters is 1. The topological polar surface area (TPSA) is 47.6 Å². The first kappa shape index (κ1) is 13.8. The van der Waals surface area contributed by atoms with Gasteiger partial charge in [-0.15, -0.1) is 11.8 Å². The van der Waals surface area contributed by atoms with Crippen LogP contribution in [0.4, 0.5) is 0 Å². The van der Waals surface area contributed by atoms with E-state index in [1.807, 2.05) is 14.0 Å². The maximum Gasteiger partial charge on any atom is 0.315 e. The summed E-state index contributed by atoms with van der Waals surface area (Å²) in [6.45, 7) is 4.00. The van der Waals surface area contributed by atoms with Crippen molar-refractivity contribution in [2.75, 3.05) is 38.4 Å². The van der Waals surface area contributed by atoms with Gasteiger partial charge in [0, 0.05) is 24.3 Å². The van der Waals surface area contributed by atoms with E-state index in [-0.39, 0.29) is 5.97 Å². The van der Waals surface area contributed by atoms with Crippen molar-refractivity contribution in [1.29, 1.82) is 0 Å². The van der Waals surface area contributed by atoms with E-state index >= 15 is 0 Å². The van der Waals surface area contributed by atoms with Crippen LogP contribution in [0.25, 0.3) is 0 Å². The number of hydrogen-bond acceptors (Lipinski definition) is 5. The molecule has 2 unspecified atom stereocenters. The van der Waals surface area contributed by atoms with E-state index in [0.29, 0.717) is 24.3 Å². The second-order valence-electron chi connectivity index (χ2n) is 3.84. The molecule has 0 aromatic rings. The molecule has 5 heteroatoms. The molecule has 0 radical (unpaired) electrons. The van der Waals surface area contributed by atoms with E-state index in [9.17, 15) is 4.79 Å². The van der Waals surface area contributed by atoms with Gasteiger partial charge in [-0.05, 0) is 20.4 Å². The van der Waals surface area contributed by atoms with E-state index in [0.717, 1.165) is 25.4 Å². The van der Waals surface area contributed by atoms with Gasteiger partial charge in [0.25, 0.3) is 0 Å². The number of hydrogen-bond donors (Lipinski definition) is 1. The normalized spacial score (nSPS) is 22.0. The van der Waals surface area contributed by atoms with Crippen LogP contribution in [0.15, 0.2) is 0 Å². The van der Waals surface area contributed by atoms with Crippen molar-refractivity contribution in [3.63, 3.8) is 0 Å². The Morgan fingerprint density at radius 1 is 1.69 bits per heavy atom. The maximum atomic E-state index is 11.1. The molecule has 94 valence electrons. The molecule has 0 aromatic carbocycles. The monoisotopic (exact) mass is 247 g/mol. The molecule has 1 heterocycles. The third-order valence-electron chi connectivity index (χ3n) is 2.73. The molecule has 0 aromatic heterocycles. The molecule has 1 fully saturated rings. The van der Waals surface area contributed by atoms with Gasteiger partial charge in [-0.1, -0.05) is 0 Å². The highest BCUT2D eigenvalue weighted by atomic mass is 32.2. The first-order valence-corrected chi connectivity index (χ1v) is 6.91. The molecule has 0 saturated carbocycles. The zero-order valence-corrected chi connectivity index (χ0v) is 10.8. The molecule has 4 nitrogen and oxygen atoms in total. The first-order chi connectivity index (χ1) is 7.77. The van der Waals surface area contributed by atoms with Gasteiger partial charge in [0.2, 0.25) is 0 Å². The lowest BCUT2D eigenvalue weighted by atomic mass is 10.0. The highest BCUT2D eigenvalue weighted by Gasteiger charge is 2.24. The lowest BCUT2D eigenvalue weighted by molar-refractivity contribution is -0.139. The summed E-state index contributed by atoms with van der Waals surface area (Å²) in [7, 11) is 1.97. The van der Waals surface area contributed by atoms with Crippen molar-refractivity contribution >= 4 is 17.7 Å². The summed E-state index contributed by atoms with van der Waals surface area (Å²) < 4.78 is 10.2. The minimum Gasteiger partial charge on any atom is -0.465 e. The summed E-state index contributed by atoms with van der Waals surface area (Å²) in [6, 6.07) is 0.432. The molecule has 0 bridgehead atoms. The fraction of sp³-hybridized carbons (Fsp3) is 0.909. The average molecular weight is 247 g/mol. The predicted molar refractivity (Wildman–Crippen MR) is 65.7 cm³/mol. The van der Waals surface area contributed by atoms with Crippen LogP contribution in [0.2, 0.25) is 0 Å². The number of nitrogens with one attached hydrogen (secondary N) is 1. The SMILES string of the molecule is CCOC(=O)CSCC(NC)C1CCOC1. The fourth-order valence-corrected chi connectivity index (χ4v) is 2.86. The predicted octanol–water partition coefficient (Wildman–Crippen LogP) is 0.907. The van der Waals surface area contributed by atoms with Crippen molar-refractivity contribution in [2.24, 2.45) is 5.92 Å². The molecular formula is C11H21NO3S. The largest absolute Gasteiger partial charge is 0.465 e.